The van der Waals surface area contributed by atoms with Gasteiger partial charge in [0.1, 0.15) is 22.9 Å². The molecule has 0 aliphatic heterocycles. The van der Waals surface area contributed by atoms with Crippen LogP contribution in [0.4, 0.5) is 0 Å². The van der Waals surface area contributed by atoms with Crippen molar-refractivity contribution in [1.29, 1.82) is 0 Å². The number of rotatable bonds is 3. The zero-order valence-corrected chi connectivity index (χ0v) is 12.4. The average Bonchev–Trinajstić information content (AvgIpc) is 2.99. The highest BCUT2D eigenvalue weighted by Crippen LogP contribution is 2.37. The number of ketones is 1. The molecule has 3 rings (SSSR count). The third-order valence-corrected chi connectivity index (χ3v) is 3.37. The molecule has 3 nitrogen and oxygen atoms in total. The van der Waals surface area contributed by atoms with E-state index >= 15 is 0 Å². The Morgan fingerprint density at radius 1 is 1.19 bits per heavy atom. The summed E-state index contributed by atoms with van der Waals surface area (Å²) < 4.78 is 11.5. The average molecular weight is 301 g/mol. The van der Waals surface area contributed by atoms with Gasteiger partial charge in [0.15, 0.2) is 5.78 Å². The van der Waals surface area contributed by atoms with Crippen molar-refractivity contribution < 1.29 is 13.6 Å². The smallest absolute Gasteiger partial charge is 0.152 e. The van der Waals surface area contributed by atoms with Gasteiger partial charge in [0.2, 0.25) is 0 Å². The monoisotopic (exact) mass is 300 g/mol. The first-order valence-electron chi connectivity index (χ1n) is 6.52. The molecule has 0 spiro atoms. The van der Waals surface area contributed by atoms with Gasteiger partial charge in [0.25, 0.3) is 0 Å². The third-order valence-electron chi connectivity index (χ3n) is 3.13. The Balaban J connectivity index is 2.28. The fraction of sp³-hybridized carbons (Fsp3) is 0.118. The summed E-state index contributed by atoms with van der Waals surface area (Å²) in [6, 6.07) is 9.17. The summed E-state index contributed by atoms with van der Waals surface area (Å²) in [6.07, 6.45) is 3.13. The SMILES string of the molecule is CC(=O)C=Cc1oc2ccc(Cl)cc2c1-c1ccc(C)o1. The van der Waals surface area contributed by atoms with Gasteiger partial charge < -0.3 is 8.83 Å². The Morgan fingerprint density at radius 2 is 2.00 bits per heavy atom. The maximum atomic E-state index is 11.2. The standard InChI is InChI=1S/C17H13ClO3/c1-10(19)3-6-16-17(15-7-4-11(2)20-15)13-9-12(18)5-8-14(13)21-16/h3-9H,1-2H3. The maximum absolute atomic E-state index is 11.2. The van der Waals surface area contributed by atoms with Gasteiger partial charge in [-0.05, 0) is 56.3 Å². The lowest BCUT2D eigenvalue weighted by Crippen LogP contribution is -1.81. The summed E-state index contributed by atoms with van der Waals surface area (Å²) in [6.45, 7) is 3.37. The summed E-state index contributed by atoms with van der Waals surface area (Å²) in [5, 5.41) is 1.48. The van der Waals surface area contributed by atoms with Crippen molar-refractivity contribution in [2.45, 2.75) is 13.8 Å². The third kappa shape index (κ3) is 2.65. The van der Waals surface area contributed by atoms with Crippen LogP contribution < -0.4 is 0 Å². The molecule has 4 heteroatoms. The minimum atomic E-state index is -0.0462. The minimum Gasteiger partial charge on any atom is -0.461 e. The number of benzene rings is 1. The Kier molecular flexibility index (Phi) is 3.43. The molecule has 21 heavy (non-hydrogen) atoms. The number of halogens is 1. The van der Waals surface area contributed by atoms with Crippen LogP contribution in [0.5, 0.6) is 0 Å². The van der Waals surface area contributed by atoms with Crippen molar-refractivity contribution in [3.05, 3.63) is 53.0 Å². The predicted octanol–water partition coefficient (Wildman–Crippen LogP) is 5.26. The van der Waals surface area contributed by atoms with E-state index in [1.807, 2.05) is 31.2 Å². The van der Waals surface area contributed by atoms with Crippen molar-refractivity contribution in [3.8, 4) is 11.3 Å². The molecule has 0 bridgehead atoms. The van der Waals surface area contributed by atoms with E-state index in [1.165, 1.54) is 13.0 Å². The summed E-state index contributed by atoms with van der Waals surface area (Å²) in [5.74, 6) is 2.03. The van der Waals surface area contributed by atoms with Crippen molar-refractivity contribution >= 4 is 34.4 Å². The zero-order chi connectivity index (χ0) is 15.0. The van der Waals surface area contributed by atoms with E-state index in [2.05, 4.69) is 0 Å². The maximum Gasteiger partial charge on any atom is 0.152 e. The van der Waals surface area contributed by atoms with Crippen LogP contribution in [-0.2, 0) is 4.79 Å². The molecule has 1 aromatic carbocycles. The number of furan rings is 2. The van der Waals surface area contributed by atoms with E-state index in [1.54, 1.807) is 12.1 Å². The van der Waals surface area contributed by atoms with Gasteiger partial charge in [-0.25, -0.2) is 0 Å². The number of carbonyl (C=O) groups excluding carboxylic acids is 1. The van der Waals surface area contributed by atoms with Crippen molar-refractivity contribution in [2.75, 3.05) is 0 Å². The van der Waals surface area contributed by atoms with Crippen LogP contribution in [-0.4, -0.2) is 5.78 Å². The van der Waals surface area contributed by atoms with E-state index in [4.69, 9.17) is 20.4 Å². The number of hydrogen-bond donors (Lipinski definition) is 0. The highest BCUT2D eigenvalue weighted by atomic mass is 35.5. The fourth-order valence-corrected chi connectivity index (χ4v) is 2.39. The number of hydrogen-bond acceptors (Lipinski definition) is 3. The Labute approximate surface area is 126 Å². The summed E-state index contributed by atoms with van der Waals surface area (Å²) in [4.78, 5) is 11.2. The Morgan fingerprint density at radius 3 is 2.67 bits per heavy atom. The summed E-state index contributed by atoms with van der Waals surface area (Å²) in [7, 11) is 0. The second-order valence-electron chi connectivity index (χ2n) is 4.84. The van der Waals surface area contributed by atoms with Gasteiger partial charge in [0, 0.05) is 10.4 Å². The van der Waals surface area contributed by atoms with Crippen molar-refractivity contribution in [2.24, 2.45) is 0 Å². The first-order chi connectivity index (χ1) is 10.0. The second-order valence-corrected chi connectivity index (χ2v) is 5.27. The molecule has 0 amide bonds. The van der Waals surface area contributed by atoms with Crippen LogP contribution in [0.25, 0.3) is 28.4 Å². The quantitative estimate of drug-likeness (QED) is 0.620. The molecule has 106 valence electrons. The van der Waals surface area contributed by atoms with Gasteiger partial charge in [-0.3, -0.25) is 4.79 Å². The lowest BCUT2D eigenvalue weighted by Gasteiger charge is -1.96. The van der Waals surface area contributed by atoms with E-state index < -0.39 is 0 Å². The molecule has 0 unspecified atom stereocenters. The molecule has 3 aromatic rings. The lowest BCUT2D eigenvalue weighted by atomic mass is 10.1. The number of allylic oxidation sites excluding steroid dienone is 1. The van der Waals surface area contributed by atoms with E-state index in [0.717, 1.165) is 16.7 Å². The lowest BCUT2D eigenvalue weighted by molar-refractivity contribution is -0.112. The molecule has 2 heterocycles. The van der Waals surface area contributed by atoms with Gasteiger partial charge >= 0.3 is 0 Å². The minimum absolute atomic E-state index is 0.0462. The number of carbonyl (C=O) groups is 1. The van der Waals surface area contributed by atoms with Gasteiger partial charge in [-0.15, -0.1) is 0 Å². The van der Waals surface area contributed by atoms with E-state index in [0.29, 0.717) is 22.1 Å². The van der Waals surface area contributed by atoms with Crippen LogP contribution in [0, 0.1) is 6.92 Å². The Bertz CT molecular complexity index is 852. The highest BCUT2D eigenvalue weighted by Gasteiger charge is 2.17. The van der Waals surface area contributed by atoms with Crippen LogP contribution in [0.2, 0.25) is 5.02 Å². The topological polar surface area (TPSA) is 43.4 Å². The van der Waals surface area contributed by atoms with Crippen molar-refractivity contribution in [3.63, 3.8) is 0 Å². The number of fused-ring (bicyclic) bond motifs is 1. The normalized spacial score (nSPS) is 11.6. The van der Waals surface area contributed by atoms with Crippen LogP contribution in [0.1, 0.15) is 18.4 Å². The largest absolute Gasteiger partial charge is 0.461 e. The molecular weight excluding hydrogens is 288 g/mol. The molecule has 2 aromatic heterocycles. The Hall–Kier alpha value is -2.26. The molecular formula is C17H13ClO3. The molecule has 0 saturated heterocycles. The molecule has 0 radical (unpaired) electrons. The van der Waals surface area contributed by atoms with Crippen LogP contribution in [0.3, 0.4) is 0 Å². The molecule has 0 aliphatic carbocycles. The second kappa shape index (κ2) is 5.26. The van der Waals surface area contributed by atoms with Gasteiger partial charge in [-0.1, -0.05) is 11.6 Å². The highest BCUT2D eigenvalue weighted by molar-refractivity contribution is 6.31. The molecule has 0 N–H and O–H groups in total. The predicted molar refractivity (Wildman–Crippen MR) is 83.4 cm³/mol. The molecule has 0 fully saturated rings. The van der Waals surface area contributed by atoms with E-state index in [-0.39, 0.29) is 5.78 Å². The summed E-state index contributed by atoms with van der Waals surface area (Å²) in [5.41, 5.74) is 1.50. The molecule has 0 atom stereocenters. The van der Waals surface area contributed by atoms with Crippen molar-refractivity contribution in [1.82, 2.24) is 0 Å². The molecule has 0 saturated carbocycles. The fourth-order valence-electron chi connectivity index (χ4n) is 2.22. The van der Waals surface area contributed by atoms with Crippen LogP contribution in [0.15, 0.2) is 45.2 Å². The first kappa shape index (κ1) is 13.7. The summed E-state index contributed by atoms with van der Waals surface area (Å²) >= 11 is 6.08. The zero-order valence-electron chi connectivity index (χ0n) is 11.6. The number of aryl methyl sites for hydroxylation is 1. The van der Waals surface area contributed by atoms with Gasteiger partial charge in [-0.2, -0.15) is 0 Å². The first-order valence-corrected chi connectivity index (χ1v) is 6.90. The molecule has 0 aliphatic rings. The van der Waals surface area contributed by atoms with Gasteiger partial charge in [0.05, 0.1) is 5.56 Å². The van der Waals surface area contributed by atoms with E-state index in [9.17, 15) is 4.79 Å². The van der Waals surface area contributed by atoms with Crippen LogP contribution >= 0.6 is 11.6 Å².